The highest BCUT2D eigenvalue weighted by Crippen LogP contribution is 2.21. The minimum absolute atomic E-state index is 0.0762. The molecular weight excluding hydrogens is 328 g/mol. The van der Waals surface area contributed by atoms with Gasteiger partial charge >= 0.3 is 0 Å². The van der Waals surface area contributed by atoms with Crippen LogP contribution in [0.4, 0.5) is 5.69 Å². The minimum atomic E-state index is -0.256. The van der Waals surface area contributed by atoms with Crippen LogP contribution in [0.25, 0.3) is 11.0 Å². The van der Waals surface area contributed by atoms with Gasteiger partial charge in [0.05, 0.1) is 5.39 Å². The molecule has 1 aliphatic rings. The normalized spacial score (nSPS) is 13.4. The van der Waals surface area contributed by atoms with Crippen molar-refractivity contribution < 1.29 is 4.79 Å². The molecule has 6 heteroatoms. The van der Waals surface area contributed by atoms with Crippen LogP contribution >= 0.6 is 0 Å². The molecule has 0 unspecified atom stereocenters. The summed E-state index contributed by atoms with van der Waals surface area (Å²) >= 11 is 0. The number of pyridine rings is 1. The van der Waals surface area contributed by atoms with E-state index in [1.54, 1.807) is 0 Å². The number of nitrogens with one attached hydrogen (secondary N) is 1. The molecule has 0 aliphatic heterocycles. The maximum atomic E-state index is 12.8. The number of benzene rings is 1. The van der Waals surface area contributed by atoms with E-state index in [1.807, 2.05) is 37.3 Å². The highest BCUT2D eigenvalue weighted by atomic mass is 16.2. The third kappa shape index (κ3) is 3.10. The molecule has 0 radical (unpaired) electrons. The molecular formula is C20H20N4O2. The van der Waals surface area contributed by atoms with Gasteiger partial charge in [-0.1, -0.05) is 18.2 Å². The van der Waals surface area contributed by atoms with Crippen molar-refractivity contribution in [2.45, 2.75) is 39.2 Å². The standard InChI is InChI=1S/C20H20N4O2/c1-13-6-2-4-8-16(13)22-18(25)11-24-12-21-19-15(20(24)26)10-14-7-3-5-9-17(14)23-19/h2,4,6,8,10,12H,3,5,7,9,11H2,1H3,(H,22,25). The summed E-state index contributed by atoms with van der Waals surface area (Å²) in [5, 5.41) is 3.33. The van der Waals surface area contributed by atoms with E-state index in [4.69, 9.17) is 0 Å². The number of anilines is 1. The van der Waals surface area contributed by atoms with E-state index in [0.717, 1.165) is 48.2 Å². The topological polar surface area (TPSA) is 76.9 Å². The van der Waals surface area contributed by atoms with Gasteiger partial charge in [-0.05, 0) is 55.9 Å². The first-order valence-corrected chi connectivity index (χ1v) is 8.85. The molecule has 2 heterocycles. The van der Waals surface area contributed by atoms with Gasteiger partial charge in [0.25, 0.3) is 5.56 Å². The second-order valence-corrected chi connectivity index (χ2v) is 6.71. The number of fused-ring (bicyclic) bond motifs is 2. The zero-order chi connectivity index (χ0) is 18.1. The van der Waals surface area contributed by atoms with E-state index < -0.39 is 0 Å². The quantitative estimate of drug-likeness (QED) is 0.789. The largest absolute Gasteiger partial charge is 0.324 e. The van der Waals surface area contributed by atoms with Gasteiger partial charge in [0.1, 0.15) is 12.9 Å². The van der Waals surface area contributed by atoms with E-state index in [1.165, 1.54) is 10.9 Å². The number of aryl methyl sites for hydroxylation is 3. The number of nitrogens with zero attached hydrogens (tertiary/aromatic N) is 3. The molecule has 26 heavy (non-hydrogen) atoms. The highest BCUT2D eigenvalue weighted by Gasteiger charge is 2.15. The zero-order valence-corrected chi connectivity index (χ0v) is 14.7. The Labute approximate surface area is 150 Å². The van der Waals surface area contributed by atoms with Crippen LogP contribution in [0.5, 0.6) is 0 Å². The lowest BCUT2D eigenvalue weighted by Crippen LogP contribution is -2.28. The average molecular weight is 348 g/mol. The first-order chi connectivity index (χ1) is 12.6. The molecule has 0 atom stereocenters. The van der Waals surface area contributed by atoms with E-state index in [0.29, 0.717) is 11.0 Å². The molecule has 0 spiro atoms. The van der Waals surface area contributed by atoms with Crippen molar-refractivity contribution in [3.8, 4) is 0 Å². The SMILES string of the molecule is Cc1ccccc1NC(=O)Cn1cnc2nc3c(cc2c1=O)CCCC3. The van der Waals surface area contributed by atoms with E-state index in [2.05, 4.69) is 15.3 Å². The Kier molecular flexibility index (Phi) is 4.24. The summed E-state index contributed by atoms with van der Waals surface area (Å²) in [5.41, 5.74) is 4.13. The van der Waals surface area contributed by atoms with Gasteiger partial charge in [-0.15, -0.1) is 0 Å². The summed E-state index contributed by atoms with van der Waals surface area (Å²) in [6, 6.07) is 9.44. The number of carbonyl (C=O) groups excluding carboxylic acids is 1. The first-order valence-electron chi connectivity index (χ1n) is 8.85. The summed E-state index contributed by atoms with van der Waals surface area (Å²) in [6.07, 6.45) is 5.54. The molecule has 2 aromatic heterocycles. The van der Waals surface area contributed by atoms with Crippen LogP contribution in [0.15, 0.2) is 41.5 Å². The predicted octanol–water partition coefficient (Wildman–Crippen LogP) is 2.62. The molecule has 1 aliphatic carbocycles. The van der Waals surface area contributed by atoms with Gasteiger partial charge in [-0.25, -0.2) is 9.97 Å². The Morgan fingerprint density at radius 3 is 2.88 bits per heavy atom. The summed E-state index contributed by atoms with van der Waals surface area (Å²) in [6.45, 7) is 1.85. The summed E-state index contributed by atoms with van der Waals surface area (Å²) in [4.78, 5) is 34.0. The van der Waals surface area contributed by atoms with Crippen LogP contribution in [-0.4, -0.2) is 20.4 Å². The second-order valence-electron chi connectivity index (χ2n) is 6.71. The minimum Gasteiger partial charge on any atom is -0.324 e. The molecule has 4 rings (SSSR count). The third-order valence-electron chi connectivity index (χ3n) is 4.82. The Hall–Kier alpha value is -3.02. The van der Waals surface area contributed by atoms with E-state index in [-0.39, 0.29) is 18.0 Å². The lowest BCUT2D eigenvalue weighted by atomic mass is 9.95. The van der Waals surface area contributed by atoms with E-state index >= 15 is 0 Å². The molecule has 0 saturated carbocycles. The number of amides is 1. The smallest absolute Gasteiger partial charge is 0.263 e. The van der Waals surface area contributed by atoms with Crippen LogP contribution in [0.1, 0.15) is 29.7 Å². The molecule has 6 nitrogen and oxygen atoms in total. The molecule has 1 N–H and O–H groups in total. The van der Waals surface area contributed by atoms with Crippen LogP contribution in [0, 0.1) is 6.92 Å². The van der Waals surface area contributed by atoms with Gasteiger partial charge in [-0.3, -0.25) is 14.2 Å². The monoisotopic (exact) mass is 348 g/mol. The fourth-order valence-electron chi connectivity index (χ4n) is 3.38. The van der Waals surface area contributed by atoms with Crippen molar-refractivity contribution >= 4 is 22.6 Å². The maximum Gasteiger partial charge on any atom is 0.263 e. The number of carbonyl (C=O) groups is 1. The Morgan fingerprint density at radius 2 is 2.04 bits per heavy atom. The van der Waals surface area contributed by atoms with Crippen molar-refractivity contribution in [1.82, 2.24) is 14.5 Å². The average Bonchev–Trinajstić information content (AvgIpc) is 2.65. The van der Waals surface area contributed by atoms with E-state index in [9.17, 15) is 9.59 Å². The van der Waals surface area contributed by atoms with Crippen LogP contribution in [0.3, 0.4) is 0 Å². The first kappa shape index (κ1) is 16.4. The molecule has 0 bridgehead atoms. The highest BCUT2D eigenvalue weighted by molar-refractivity contribution is 5.91. The molecule has 3 aromatic rings. The number of aromatic nitrogens is 3. The summed E-state index contributed by atoms with van der Waals surface area (Å²) in [5.74, 6) is -0.256. The summed E-state index contributed by atoms with van der Waals surface area (Å²) < 4.78 is 1.34. The van der Waals surface area contributed by atoms with Crippen LogP contribution in [0.2, 0.25) is 0 Å². The predicted molar refractivity (Wildman–Crippen MR) is 100 cm³/mol. The lowest BCUT2D eigenvalue weighted by molar-refractivity contribution is -0.116. The Balaban J connectivity index is 1.62. The Bertz CT molecular complexity index is 1060. The fourth-order valence-corrected chi connectivity index (χ4v) is 3.38. The van der Waals surface area contributed by atoms with Crippen molar-refractivity contribution in [2.24, 2.45) is 0 Å². The van der Waals surface area contributed by atoms with Gasteiger partial charge in [0.15, 0.2) is 5.65 Å². The van der Waals surface area contributed by atoms with Crippen LogP contribution in [-0.2, 0) is 24.2 Å². The van der Waals surface area contributed by atoms with Gasteiger partial charge in [0, 0.05) is 11.4 Å². The van der Waals surface area contributed by atoms with Crippen molar-refractivity contribution in [1.29, 1.82) is 0 Å². The number of hydrogen-bond acceptors (Lipinski definition) is 4. The van der Waals surface area contributed by atoms with Gasteiger partial charge < -0.3 is 5.32 Å². The molecule has 1 aromatic carbocycles. The second kappa shape index (κ2) is 6.71. The van der Waals surface area contributed by atoms with Crippen molar-refractivity contribution in [3.63, 3.8) is 0 Å². The molecule has 0 fully saturated rings. The molecule has 0 saturated heterocycles. The van der Waals surface area contributed by atoms with Crippen molar-refractivity contribution in [3.05, 3.63) is 63.8 Å². The maximum absolute atomic E-state index is 12.8. The van der Waals surface area contributed by atoms with Crippen molar-refractivity contribution in [2.75, 3.05) is 5.32 Å². The number of hydrogen-bond donors (Lipinski definition) is 1. The Morgan fingerprint density at radius 1 is 1.23 bits per heavy atom. The zero-order valence-electron chi connectivity index (χ0n) is 14.7. The molecule has 1 amide bonds. The van der Waals surface area contributed by atoms with Gasteiger partial charge in [0.2, 0.25) is 5.91 Å². The lowest BCUT2D eigenvalue weighted by Gasteiger charge is -2.15. The fraction of sp³-hybridized carbons (Fsp3) is 0.300. The molecule has 132 valence electrons. The number of rotatable bonds is 3. The third-order valence-corrected chi connectivity index (χ3v) is 4.82. The summed E-state index contributed by atoms with van der Waals surface area (Å²) in [7, 11) is 0. The van der Waals surface area contributed by atoms with Gasteiger partial charge in [-0.2, -0.15) is 0 Å². The van der Waals surface area contributed by atoms with Crippen LogP contribution < -0.4 is 10.9 Å². The number of para-hydroxylation sites is 1.